The fraction of sp³-hybridized carbons (Fsp3) is 0.217. The van der Waals surface area contributed by atoms with Gasteiger partial charge in [-0.2, -0.15) is 0 Å². The smallest absolute Gasteiger partial charge is 0.408 e. The molecule has 1 aliphatic rings. The van der Waals surface area contributed by atoms with Crippen LogP contribution in [0.3, 0.4) is 0 Å². The second-order valence-electron chi connectivity index (χ2n) is 6.70. The van der Waals surface area contributed by atoms with E-state index in [9.17, 15) is 4.79 Å². The van der Waals surface area contributed by atoms with Crippen molar-refractivity contribution < 1.29 is 23.7 Å². The fourth-order valence-corrected chi connectivity index (χ4v) is 3.35. The summed E-state index contributed by atoms with van der Waals surface area (Å²) in [4.78, 5) is 16.8. The summed E-state index contributed by atoms with van der Waals surface area (Å²) in [5, 5.41) is 2.83. The third kappa shape index (κ3) is 4.00. The number of benzene rings is 2. The zero-order valence-corrected chi connectivity index (χ0v) is 16.8. The second kappa shape index (κ2) is 8.73. The van der Waals surface area contributed by atoms with Gasteiger partial charge in [0.25, 0.3) is 0 Å². The lowest BCUT2D eigenvalue weighted by Gasteiger charge is -2.14. The molecule has 7 nitrogen and oxygen atoms in total. The first-order chi connectivity index (χ1) is 14.7. The third-order valence-electron chi connectivity index (χ3n) is 4.84. The third-order valence-corrected chi connectivity index (χ3v) is 4.84. The van der Waals surface area contributed by atoms with Gasteiger partial charge in [0.1, 0.15) is 24.7 Å². The van der Waals surface area contributed by atoms with Gasteiger partial charge in [0.15, 0.2) is 0 Å². The number of carbonyl (C=O) groups is 1. The number of rotatable bonds is 6. The SMILES string of the molecule is COc1cccc(OC)c1-c1ccc2c(n1)OCC2NC(=O)OCc1ccccc1. The molecule has 2 aromatic carbocycles. The average molecular weight is 406 g/mol. The van der Waals surface area contributed by atoms with Crippen LogP contribution in [0.5, 0.6) is 17.4 Å². The maximum absolute atomic E-state index is 12.2. The molecule has 1 N–H and O–H groups in total. The molecule has 1 unspecified atom stereocenters. The molecule has 0 saturated carbocycles. The van der Waals surface area contributed by atoms with E-state index in [1.54, 1.807) is 14.2 Å². The van der Waals surface area contributed by atoms with Gasteiger partial charge < -0.3 is 24.3 Å². The molecule has 154 valence electrons. The fourth-order valence-electron chi connectivity index (χ4n) is 3.35. The van der Waals surface area contributed by atoms with Crippen LogP contribution in [-0.2, 0) is 11.3 Å². The van der Waals surface area contributed by atoms with Gasteiger partial charge in [0, 0.05) is 5.56 Å². The zero-order chi connectivity index (χ0) is 20.9. The number of aromatic nitrogens is 1. The summed E-state index contributed by atoms with van der Waals surface area (Å²) in [7, 11) is 3.20. The molecule has 0 fully saturated rings. The summed E-state index contributed by atoms with van der Waals surface area (Å²) in [5.41, 5.74) is 3.12. The van der Waals surface area contributed by atoms with Crippen LogP contribution in [0, 0.1) is 0 Å². The molecular formula is C23H22N2O5. The number of amides is 1. The summed E-state index contributed by atoms with van der Waals surface area (Å²) >= 11 is 0. The quantitative estimate of drug-likeness (QED) is 0.663. The molecule has 0 bridgehead atoms. The van der Waals surface area contributed by atoms with Crippen molar-refractivity contribution in [1.29, 1.82) is 0 Å². The molecule has 2 heterocycles. The number of nitrogens with one attached hydrogen (secondary N) is 1. The number of alkyl carbamates (subject to hydrolysis) is 1. The lowest BCUT2D eigenvalue weighted by molar-refractivity contribution is 0.133. The number of fused-ring (bicyclic) bond motifs is 1. The highest BCUT2D eigenvalue weighted by Gasteiger charge is 2.28. The molecular weight excluding hydrogens is 384 g/mol. The van der Waals surface area contributed by atoms with Gasteiger partial charge in [-0.15, -0.1) is 0 Å². The minimum atomic E-state index is -0.504. The topological polar surface area (TPSA) is 78.9 Å². The van der Waals surface area contributed by atoms with Crippen molar-refractivity contribution in [2.75, 3.05) is 20.8 Å². The van der Waals surface area contributed by atoms with Crippen LogP contribution in [0.15, 0.2) is 60.7 Å². The molecule has 4 rings (SSSR count). The number of pyridine rings is 1. The highest BCUT2D eigenvalue weighted by molar-refractivity contribution is 5.75. The monoisotopic (exact) mass is 406 g/mol. The van der Waals surface area contributed by atoms with E-state index in [2.05, 4.69) is 10.3 Å². The number of ether oxygens (including phenoxy) is 4. The first kappa shape index (κ1) is 19.6. The number of methoxy groups -OCH3 is 2. The Morgan fingerprint density at radius 3 is 2.47 bits per heavy atom. The van der Waals surface area contributed by atoms with Crippen LogP contribution in [0.1, 0.15) is 17.2 Å². The van der Waals surface area contributed by atoms with Gasteiger partial charge in [0.2, 0.25) is 5.88 Å². The summed E-state index contributed by atoms with van der Waals surface area (Å²) in [6.45, 7) is 0.493. The van der Waals surface area contributed by atoms with Crippen molar-refractivity contribution in [2.24, 2.45) is 0 Å². The predicted molar refractivity (Wildman–Crippen MR) is 111 cm³/mol. The van der Waals surface area contributed by atoms with E-state index in [4.69, 9.17) is 18.9 Å². The van der Waals surface area contributed by atoms with E-state index in [0.29, 0.717) is 23.1 Å². The van der Waals surface area contributed by atoms with Crippen LogP contribution in [0.25, 0.3) is 11.3 Å². The predicted octanol–water partition coefficient (Wildman–Crippen LogP) is 4.13. The number of hydrogen-bond donors (Lipinski definition) is 1. The molecule has 0 saturated heterocycles. The van der Waals surface area contributed by atoms with Crippen molar-refractivity contribution >= 4 is 6.09 Å². The minimum Gasteiger partial charge on any atom is -0.496 e. The van der Waals surface area contributed by atoms with Crippen molar-refractivity contribution in [3.8, 4) is 28.6 Å². The Bertz CT molecular complexity index is 1020. The maximum Gasteiger partial charge on any atom is 0.408 e. The van der Waals surface area contributed by atoms with Crippen molar-refractivity contribution in [3.05, 3.63) is 71.8 Å². The summed E-state index contributed by atoms with van der Waals surface area (Å²) in [5.74, 6) is 1.77. The van der Waals surface area contributed by atoms with E-state index >= 15 is 0 Å². The Hall–Kier alpha value is -3.74. The van der Waals surface area contributed by atoms with E-state index in [1.165, 1.54) is 0 Å². The number of hydrogen-bond acceptors (Lipinski definition) is 6. The Labute approximate surface area is 174 Å². The van der Waals surface area contributed by atoms with Crippen LogP contribution in [0.2, 0.25) is 0 Å². The first-order valence-corrected chi connectivity index (χ1v) is 9.52. The highest BCUT2D eigenvalue weighted by atomic mass is 16.5. The molecule has 3 aromatic rings. The van der Waals surface area contributed by atoms with Crippen LogP contribution < -0.4 is 19.5 Å². The van der Waals surface area contributed by atoms with Gasteiger partial charge in [-0.3, -0.25) is 0 Å². The summed E-state index contributed by atoms with van der Waals surface area (Å²) in [6, 6.07) is 18.5. The Morgan fingerprint density at radius 2 is 1.77 bits per heavy atom. The molecule has 1 amide bonds. The Morgan fingerprint density at radius 1 is 1.03 bits per heavy atom. The van der Waals surface area contributed by atoms with E-state index < -0.39 is 6.09 Å². The summed E-state index contributed by atoms with van der Waals surface area (Å²) in [6.07, 6.45) is -0.504. The number of nitrogens with zero attached hydrogens (tertiary/aromatic N) is 1. The standard InChI is InChI=1S/C23H22N2O5/c1-27-19-9-6-10-20(28-2)21(19)17-12-11-16-18(14-29-22(16)24-17)25-23(26)30-13-15-7-4-3-5-8-15/h3-12,18H,13-14H2,1-2H3,(H,25,26). The van der Waals surface area contributed by atoms with Gasteiger partial charge >= 0.3 is 6.09 Å². The van der Waals surface area contributed by atoms with Crippen LogP contribution in [-0.4, -0.2) is 31.9 Å². The number of carbonyl (C=O) groups excluding carboxylic acids is 1. The van der Waals surface area contributed by atoms with Gasteiger partial charge in [-0.25, -0.2) is 9.78 Å². The maximum atomic E-state index is 12.2. The van der Waals surface area contributed by atoms with E-state index in [1.807, 2.05) is 60.7 Å². The molecule has 0 radical (unpaired) electrons. The Balaban J connectivity index is 1.49. The lowest BCUT2D eigenvalue weighted by atomic mass is 10.1. The van der Waals surface area contributed by atoms with Gasteiger partial charge in [0.05, 0.1) is 31.5 Å². The molecule has 1 atom stereocenters. The van der Waals surface area contributed by atoms with Crippen molar-refractivity contribution in [2.45, 2.75) is 12.6 Å². The van der Waals surface area contributed by atoms with Crippen LogP contribution in [0.4, 0.5) is 4.79 Å². The zero-order valence-electron chi connectivity index (χ0n) is 16.8. The van der Waals surface area contributed by atoms with Crippen molar-refractivity contribution in [1.82, 2.24) is 10.3 Å². The largest absolute Gasteiger partial charge is 0.496 e. The highest BCUT2D eigenvalue weighted by Crippen LogP contribution is 2.40. The van der Waals surface area contributed by atoms with Crippen molar-refractivity contribution in [3.63, 3.8) is 0 Å². The molecule has 1 aliphatic heterocycles. The van der Waals surface area contributed by atoms with E-state index in [0.717, 1.165) is 16.7 Å². The molecule has 1 aromatic heterocycles. The molecule has 0 aliphatic carbocycles. The van der Waals surface area contributed by atoms with Gasteiger partial charge in [-0.1, -0.05) is 36.4 Å². The first-order valence-electron chi connectivity index (χ1n) is 9.52. The Kier molecular flexibility index (Phi) is 5.70. The van der Waals surface area contributed by atoms with Gasteiger partial charge in [-0.05, 0) is 29.8 Å². The summed E-state index contributed by atoms with van der Waals surface area (Å²) < 4.78 is 21.9. The minimum absolute atomic E-state index is 0.206. The molecule has 0 spiro atoms. The second-order valence-corrected chi connectivity index (χ2v) is 6.70. The lowest BCUT2D eigenvalue weighted by Crippen LogP contribution is -2.29. The molecule has 30 heavy (non-hydrogen) atoms. The normalized spacial score (nSPS) is 14.4. The van der Waals surface area contributed by atoms with E-state index in [-0.39, 0.29) is 19.3 Å². The van der Waals surface area contributed by atoms with Crippen LogP contribution >= 0.6 is 0 Å². The molecule has 7 heteroatoms. The average Bonchev–Trinajstić information content (AvgIpc) is 3.19.